The van der Waals surface area contributed by atoms with Crippen molar-refractivity contribution in [3.05, 3.63) is 62.8 Å². The molecule has 8 nitrogen and oxygen atoms in total. The lowest BCUT2D eigenvalue weighted by Crippen LogP contribution is -2.40. The molecule has 29 heavy (non-hydrogen) atoms. The van der Waals surface area contributed by atoms with Crippen LogP contribution in [0.4, 0.5) is 5.95 Å². The summed E-state index contributed by atoms with van der Waals surface area (Å²) in [4.78, 5) is 30.7. The third-order valence-electron chi connectivity index (χ3n) is 4.97. The normalized spacial score (nSPS) is 14.1. The first-order valence-corrected chi connectivity index (χ1v) is 9.63. The highest BCUT2D eigenvalue weighted by Crippen LogP contribution is 2.25. The Balaban J connectivity index is 1.84. The predicted octanol–water partition coefficient (Wildman–Crippen LogP) is 2.21. The Morgan fingerprint density at radius 1 is 1.17 bits per heavy atom. The molecule has 3 aromatic rings. The third kappa shape index (κ3) is 3.20. The van der Waals surface area contributed by atoms with Gasteiger partial charge in [-0.2, -0.15) is 10.1 Å². The van der Waals surface area contributed by atoms with Crippen molar-refractivity contribution in [3.63, 3.8) is 0 Å². The zero-order chi connectivity index (χ0) is 20.7. The van der Waals surface area contributed by atoms with Crippen molar-refractivity contribution >= 4 is 28.9 Å². The lowest BCUT2D eigenvalue weighted by molar-refractivity contribution is 0.642. The van der Waals surface area contributed by atoms with Crippen molar-refractivity contribution in [2.75, 3.05) is 5.01 Å². The first kappa shape index (κ1) is 18.9. The van der Waals surface area contributed by atoms with Crippen molar-refractivity contribution in [1.29, 1.82) is 0 Å². The number of benzene rings is 1. The Bertz CT molecular complexity index is 1240. The minimum Gasteiger partial charge on any atom is -0.297 e. The standard InChI is InChI=1S/C21H24N6O2/c1-14(2)27-20-22-18-17(26(20)13-15(3)23-27)19(28)25(21(29)24(18)4)12-8-11-16-9-6-5-7-10-16/h5-11,14H,12-13H2,1-4H3/b11-8+. The number of nitrogens with zero attached hydrogens (tertiary/aromatic N) is 6. The van der Waals surface area contributed by atoms with Crippen molar-refractivity contribution in [1.82, 2.24) is 18.7 Å². The number of imidazole rings is 1. The van der Waals surface area contributed by atoms with E-state index in [1.54, 1.807) is 12.1 Å². The molecule has 0 saturated heterocycles. The van der Waals surface area contributed by atoms with Crippen LogP contribution >= 0.6 is 0 Å². The molecule has 1 aromatic carbocycles. The van der Waals surface area contributed by atoms with Gasteiger partial charge < -0.3 is 0 Å². The fourth-order valence-corrected chi connectivity index (χ4v) is 3.54. The molecule has 0 amide bonds. The minimum absolute atomic E-state index is 0.0777. The summed E-state index contributed by atoms with van der Waals surface area (Å²) in [5.41, 5.74) is 1.99. The molecule has 1 aliphatic rings. The molecular weight excluding hydrogens is 368 g/mol. The lowest BCUT2D eigenvalue weighted by Gasteiger charge is -2.27. The van der Waals surface area contributed by atoms with E-state index >= 15 is 0 Å². The van der Waals surface area contributed by atoms with Crippen LogP contribution in [0.15, 0.2) is 51.1 Å². The van der Waals surface area contributed by atoms with Crippen LogP contribution in [0, 0.1) is 0 Å². The average molecular weight is 392 g/mol. The van der Waals surface area contributed by atoms with Crippen molar-refractivity contribution < 1.29 is 0 Å². The van der Waals surface area contributed by atoms with Gasteiger partial charge in [0.2, 0.25) is 5.95 Å². The zero-order valence-corrected chi connectivity index (χ0v) is 17.0. The molecule has 0 N–H and O–H groups in total. The second kappa shape index (κ2) is 7.20. The van der Waals surface area contributed by atoms with E-state index in [-0.39, 0.29) is 23.8 Å². The summed E-state index contributed by atoms with van der Waals surface area (Å²) in [5, 5.41) is 6.36. The number of hydrogen-bond donors (Lipinski definition) is 0. The van der Waals surface area contributed by atoms with E-state index in [1.165, 1.54) is 9.13 Å². The third-order valence-corrected chi connectivity index (χ3v) is 4.97. The fraction of sp³-hybridized carbons (Fsp3) is 0.333. The lowest BCUT2D eigenvalue weighted by atomic mass is 10.2. The SMILES string of the molecule is CC1=NN(C(C)C)c2nc3c(c(=O)n(C/C=C/c4ccccc4)c(=O)n3C)n2C1. The molecule has 0 atom stereocenters. The van der Waals surface area contributed by atoms with E-state index in [4.69, 9.17) is 0 Å². The first-order chi connectivity index (χ1) is 13.9. The van der Waals surface area contributed by atoms with Crippen molar-refractivity contribution in [2.24, 2.45) is 12.1 Å². The Morgan fingerprint density at radius 2 is 1.90 bits per heavy atom. The molecule has 8 heteroatoms. The first-order valence-electron chi connectivity index (χ1n) is 9.63. The number of rotatable bonds is 4. The molecule has 1 aliphatic heterocycles. The smallest absolute Gasteiger partial charge is 0.297 e. The molecule has 4 rings (SSSR count). The summed E-state index contributed by atoms with van der Waals surface area (Å²) in [5.74, 6) is 0.588. The summed E-state index contributed by atoms with van der Waals surface area (Å²) < 4.78 is 4.54. The Kier molecular flexibility index (Phi) is 4.70. The summed E-state index contributed by atoms with van der Waals surface area (Å²) in [7, 11) is 1.65. The fourth-order valence-electron chi connectivity index (χ4n) is 3.54. The maximum atomic E-state index is 13.3. The predicted molar refractivity (Wildman–Crippen MR) is 115 cm³/mol. The minimum atomic E-state index is -0.385. The van der Waals surface area contributed by atoms with Crippen LogP contribution in [0.2, 0.25) is 0 Å². The summed E-state index contributed by atoms with van der Waals surface area (Å²) >= 11 is 0. The molecule has 0 unspecified atom stereocenters. The maximum Gasteiger partial charge on any atom is 0.332 e. The van der Waals surface area contributed by atoms with Gasteiger partial charge in [-0.05, 0) is 26.3 Å². The van der Waals surface area contributed by atoms with Crippen LogP contribution in [0.5, 0.6) is 0 Å². The Morgan fingerprint density at radius 3 is 2.59 bits per heavy atom. The largest absolute Gasteiger partial charge is 0.332 e. The number of aromatic nitrogens is 4. The summed E-state index contributed by atoms with van der Waals surface area (Å²) in [6, 6.07) is 9.85. The van der Waals surface area contributed by atoms with Gasteiger partial charge in [0.1, 0.15) is 0 Å². The van der Waals surface area contributed by atoms with Crippen LogP contribution in [0.1, 0.15) is 26.3 Å². The molecule has 3 heterocycles. The highest BCUT2D eigenvalue weighted by Gasteiger charge is 2.27. The molecular formula is C21H24N6O2. The van der Waals surface area contributed by atoms with E-state index < -0.39 is 0 Å². The topological polar surface area (TPSA) is 77.4 Å². The molecule has 0 saturated carbocycles. The molecule has 0 fully saturated rings. The summed E-state index contributed by atoms with van der Waals surface area (Å²) in [6.07, 6.45) is 3.73. The number of fused-ring (bicyclic) bond motifs is 3. The highest BCUT2D eigenvalue weighted by molar-refractivity contribution is 5.87. The van der Waals surface area contributed by atoms with Crippen LogP contribution in [0.25, 0.3) is 17.2 Å². The molecule has 0 radical (unpaired) electrons. The monoisotopic (exact) mass is 392 g/mol. The van der Waals surface area contributed by atoms with E-state index in [1.807, 2.05) is 67.8 Å². The zero-order valence-electron chi connectivity index (χ0n) is 17.0. The van der Waals surface area contributed by atoms with Crippen LogP contribution in [-0.2, 0) is 20.1 Å². The van der Waals surface area contributed by atoms with Crippen LogP contribution in [-0.4, -0.2) is 30.4 Å². The highest BCUT2D eigenvalue weighted by atomic mass is 16.2. The van der Waals surface area contributed by atoms with Gasteiger partial charge in [-0.15, -0.1) is 0 Å². The van der Waals surface area contributed by atoms with E-state index in [0.717, 1.165) is 11.3 Å². The van der Waals surface area contributed by atoms with Crippen LogP contribution < -0.4 is 16.3 Å². The van der Waals surface area contributed by atoms with E-state index in [9.17, 15) is 9.59 Å². The second-order valence-corrected chi connectivity index (χ2v) is 7.51. The van der Waals surface area contributed by atoms with Gasteiger partial charge in [0, 0.05) is 13.6 Å². The number of allylic oxidation sites excluding steroid dienone is 1. The second-order valence-electron chi connectivity index (χ2n) is 7.51. The Labute approximate surface area is 168 Å². The van der Waals surface area contributed by atoms with Gasteiger partial charge in [-0.25, -0.2) is 9.80 Å². The number of anilines is 1. The van der Waals surface area contributed by atoms with Crippen molar-refractivity contribution in [2.45, 2.75) is 39.9 Å². The van der Waals surface area contributed by atoms with Gasteiger partial charge in [0.25, 0.3) is 5.56 Å². The van der Waals surface area contributed by atoms with Crippen molar-refractivity contribution in [3.8, 4) is 0 Å². The van der Waals surface area contributed by atoms with E-state index in [2.05, 4.69) is 10.1 Å². The molecule has 0 bridgehead atoms. The van der Waals surface area contributed by atoms with Gasteiger partial charge in [-0.1, -0.05) is 42.5 Å². The Hall–Kier alpha value is -3.42. The molecule has 0 spiro atoms. The molecule has 0 aliphatic carbocycles. The van der Waals surface area contributed by atoms with Gasteiger partial charge >= 0.3 is 5.69 Å². The molecule has 150 valence electrons. The van der Waals surface area contributed by atoms with E-state index in [0.29, 0.717) is 23.7 Å². The van der Waals surface area contributed by atoms with Crippen LogP contribution in [0.3, 0.4) is 0 Å². The summed E-state index contributed by atoms with van der Waals surface area (Å²) in [6.45, 7) is 6.61. The quantitative estimate of drug-likeness (QED) is 0.682. The van der Waals surface area contributed by atoms with Gasteiger partial charge in [0.05, 0.1) is 18.3 Å². The number of aryl methyl sites for hydroxylation is 1. The van der Waals surface area contributed by atoms with Gasteiger partial charge in [0.15, 0.2) is 11.2 Å². The maximum absolute atomic E-state index is 13.3. The molecule has 2 aromatic heterocycles. The number of hydrogen-bond acceptors (Lipinski definition) is 5. The average Bonchev–Trinajstić information content (AvgIpc) is 3.08. The number of hydrazone groups is 1. The van der Waals surface area contributed by atoms with Gasteiger partial charge in [-0.3, -0.25) is 18.5 Å².